The number of rotatable bonds is 1. The maximum atomic E-state index is 5.88. The predicted molar refractivity (Wildman–Crippen MR) is 75.2 cm³/mol. The number of benzene rings is 1. The van der Waals surface area contributed by atoms with Crippen LogP contribution < -0.4 is 5.73 Å². The fraction of sp³-hybridized carbons (Fsp3) is 0.571. The van der Waals surface area contributed by atoms with Crippen LogP contribution in [0.5, 0.6) is 0 Å². The van der Waals surface area contributed by atoms with Gasteiger partial charge in [0.15, 0.2) is 0 Å². The molecule has 1 aromatic rings. The van der Waals surface area contributed by atoms with E-state index in [0.717, 1.165) is 24.2 Å². The Balaban J connectivity index is 1.55. The van der Waals surface area contributed by atoms with Crippen LogP contribution in [0.25, 0.3) is 0 Å². The molecule has 0 aliphatic carbocycles. The van der Waals surface area contributed by atoms with Crippen molar-refractivity contribution in [1.29, 1.82) is 0 Å². The van der Waals surface area contributed by atoms with Crippen LogP contribution in [0.1, 0.15) is 18.4 Å². The fourth-order valence-electron chi connectivity index (χ4n) is 3.56. The normalized spacial score (nSPS) is 34.8. The third-order valence-corrected chi connectivity index (χ3v) is 5.84. The minimum absolute atomic E-state index is 0.742. The third kappa shape index (κ3) is 1.75. The number of hydrogen-bond donors (Lipinski definition) is 1. The summed E-state index contributed by atoms with van der Waals surface area (Å²) >= 11 is 1.92. The van der Waals surface area contributed by atoms with Crippen molar-refractivity contribution in [2.45, 2.75) is 30.3 Å². The highest BCUT2D eigenvalue weighted by atomic mass is 32.2. The van der Waals surface area contributed by atoms with E-state index in [2.05, 4.69) is 21.3 Å². The Morgan fingerprint density at radius 2 is 2.06 bits per heavy atom. The van der Waals surface area contributed by atoms with E-state index >= 15 is 0 Å². The molecular weight excluding hydrogens is 242 g/mol. The van der Waals surface area contributed by atoms with Gasteiger partial charge in [-0.25, -0.2) is 4.31 Å². The molecule has 1 aromatic carbocycles. The molecule has 2 N–H and O–H groups in total. The zero-order chi connectivity index (χ0) is 12.1. The van der Waals surface area contributed by atoms with Gasteiger partial charge in [-0.15, -0.1) is 0 Å². The Hall–Kier alpha value is -0.710. The average molecular weight is 261 g/mol. The quantitative estimate of drug-likeness (QED) is 0.620. The zero-order valence-corrected chi connectivity index (χ0v) is 11.3. The molecular formula is C14H19N3S. The number of hydrogen-bond acceptors (Lipinski definition) is 4. The van der Waals surface area contributed by atoms with Crippen LogP contribution in [0, 0.1) is 5.92 Å². The first-order valence-corrected chi connectivity index (χ1v) is 7.62. The van der Waals surface area contributed by atoms with Gasteiger partial charge in [-0.1, -0.05) is 6.07 Å². The Kier molecular flexibility index (Phi) is 2.57. The summed E-state index contributed by atoms with van der Waals surface area (Å²) in [5.41, 5.74) is 8.21. The van der Waals surface area contributed by atoms with Gasteiger partial charge in [0.05, 0.1) is 0 Å². The molecule has 2 bridgehead atoms. The van der Waals surface area contributed by atoms with Gasteiger partial charge in [-0.05, 0) is 61.5 Å². The Labute approximate surface area is 112 Å². The number of nitrogens with zero attached hydrogens (tertiary/aromatic N) is 2. The maximum Gasteiger partial charge on any atom is 0.0366 e. The fourth-order valence-corrected chi connectivity index (χ4v) is 4.83. The molecule has 3 fully saturated rings. The molecule has 3 nitrogen and oxygen atoms in total. The van der Waals surface area contributed by atoms with Gasteiger partial charge in [-0.2, -0.15) is 0 Å². The molecule has 0 radical (unpaired) electrons. The Bertz CT molecular complexity index is 468. The molecule has 3 saturated heterocycles. The number of fused-ring (bicyclic) bond motifs is 4. The van der Waals surface area contributed by atoms with Crippen LogP contribution in [0.3, 0.4) is 0 Å². The molecule has 4 aliphatic heterocycles. The molecule has 0 amide bonds. The van der Waals surface area contributed by atoms with Gasteiger partial charge >= 0.3 is 0 Å². The molecule has 0 unspecified atom stereocenters. The van der Waals surface area contributed by atoms with Gasteiger partial charge in [0.1, 0.15) is 0 Å². The third-order valence-electron chi connectivity index (χ3n) is 4.62. The monoisotopic (exact) mass is 261 g/mol. The molecule has 0 spiro atoms. The summed E-state index contributed by atoms with van der Waals surface area (Å²) in [6.45, 7) is 5.00. The summed E-state index contributed by atoms with van der Waals surface area (Å²) in [6.07, 6.45) is 2.78. The summed E-state index contributed by atoms with van der Waals surface area (Å²) < 4.78 is 2.60. The molecule has 1 atom stereocenters. The van der Waals surface area contributed by atoms with Crippen molar-refractivity contribution in [2.24, 2.45) is 5.92 Å². The highest BCUT2D eigenvalue weighted by Crippen LogP contribution is 2.43. The van der Waals surface area contributed by atoms with Crippen LogP contribution >= 0.6 is 11.9 Å². The smallest absolute Gasteiger partial charge is 0.0366 e. The van der Waals surface area contributed by atoms with Crippen LogP contribution in [0.2, 0.25) is 0 Å². The topological polar surface area (TPSA) is 32.5 Å². The van der Waals surface area contributed by atoms with Gasteiger partial charge in [0, 0.05) is 29.7 Å². The summed E-state index contributed by atoms with van der Waals surface area (Å²) in [7, 11) is 0. The van der Waals surface area contributed by atoms with E-state index < -0.39 is 0 Å². The predicted octanol–water partition coefficient (Wildman–Crippen LogP) is 2.19. The maximum absolute atomic E-state index is 5.88. The van der Waals surface area contributed by atoms with Crippen LogP contribution in [0.4, 0.5) is 5.69 Å². The van der Waals surface area contributed by atoms with E-state index in [4.69, 9.17) is 5.73 Å². The highest BCUT2D eigenvalue weighted by Gasteiger charge is 2.39. The minimum Gasteiger partial charge on any atom is -0.399 e. The lowest BCUT2D eigenvalue weighted by atomic mass is 9.84. The second-order valence-electron chi connectivity index (χ2n) is 5.74. The van der Waals surface area contributed by atoms with Crippen LogP contribution in [-0.4, -0.2) is 34.9 Å². The SMILES string of the molecule is Nc1ccc2c(c1)SN([C@H]1CN3CCC1CC3)C2. The second-order valence-corrected chi connectivity index (χ2v) is 6.83. The largest absolute Gasteiger partial charge is 0.399 e. The molecule has 4 aliphatic rings. The first kappa shape index (κ1) is 11.1. The van der Waals surface area contributed by atoms with Gasteiger partial charge < -0.3 is 10.6 Å². The van der Waals surface area contributed by atoms with E-state index in [-0.39, 0.29) is 0 Å². The zero-order valence-electron chi connectivity index (χ0n) is 10.5. The van der Waals surface area contributed by atoms with Crippen LogP contribution in [-0.2, 0) is 6.54 Å². The number of anilines is 1. The van der Waals surface area contributed by atoms with Crippen molar-refractivity contribution in [3.8, 4) is 0 Å². The minimum atomic E-state index is 0.742. The lowest BCUT2D eigenvalue weighted by Gasteiger charge is -2.47. The molecule has 96 valence electrons. The van der Waals surface area contributed by atoms with Crippen molar-refractivity contribution in [1.82, 2.24) is 9.21 Å². The van der Waals surface area contributed by atoms with E-state index in [0.29, 0.717) is 0 Å². The highest BCUT2D eigenvalue weighted by molar-refractivity contribution is 7.97. The first-order valence-electron chi connectivity index (χ1n) is 6.85. The molecule has 4 heterocycles. The number of nitrogens with two attached hydrogens (primary N) is 1. The van der Waals surface area contributed by atoms with Crippen LogP contribution in [0.15, 0.2) is 23.1 Å². The van der Waals surface area contributed by atoms with Crippen molar-refractivity contribution in [2.75, 3.05) is 25.4 Å². The second kappa shape index (κ2) is 4.15. The molecule has 18 heavy (non-hydrogen) atoms. The summed E-state index contributed by atoms with van der Waals surface area (Å²) in [6, 6.07) is 7.09. The van der Waals surface area contributed by atoms with Gasteiger partial charge in [0.2, 0.25) is 0 Å². The van der Waals surface area contributed by atoms with Gasteiger partial charge in [0.25, 0.3) is 0 Å². The van der Waals surface area contributed by atoms with Crippen molar-refractivity contribution in [3.05, 3.63) is 23.8 Å². The van der Waals surface area contributed by atoms with E-state index in [9.17, 15) is 0 Å². The molecule has 0 aromatic heterocycles. The molecule has 4 heteroatoms. The van der Waals surface area contributed by atoms with Gasteiger partial charge in [-0.3, -0.25) is 0 Å². The summed E-state index contributed by atoms with van der Waals surface area (Å²) in [5.74, 6) is 0.911. The summed E-state index contributed by atoms with van der Waals surface area (Å²) in [4.78, 5) is 3.99. The number of nitrogen functional groups attached to an aromatic ring is 1. The van der Waals surface area contributed by atoms with Crippen molar-refractivity contribution >= 4 is 17.6 Å². The van der Waals surface area contributed by atoms with E-state index in [1.165, 1.54) is 42.9 Å². The lowest BCUT2D eigenvalue weighted by molar-refractivity contribution is 0.0420. The Morgan fingerprint density at radius 3 is 2.78 bits per heavy atom. The lowest BCUT2D eigenvalue weighted by Crippen LogP contribution is -2.54. The standard InChI is InChI=1S/C14H19N3S/c15-12-2-1-11-8-17(18-14(11)7-12)13-9-16-5-3-10(13)4-6-16/h1-2,7,10,13H,3-6,8-9,15H2/t13-/m0/s1. The van der Waals surface area contributed by atoms with E-state index in [1.807, 2.05) is 18.0 Å². The molecule has 0 saturated carbocycles. The van der Waals surface area contributed by atoms with Crippen molar-refractivity contribution in [3.63, 3.8) is 0 Å². The first-order chi connectivity index (χ1) is 8.79. The number of piperidine rings is 3. The molecule has 5 rings (SSSR count). The Morgan fingerprint density at radius 1 is 1.22 bits per heavy atom. The summed E-state index contributed by atoms with van der Waals surface area (Å²) in [5, 5.41) is 0. The van der Waals surface area contributed by atoms with Crippen molar-refractivity contribution < 1.29 is 0 Å². The average Bonchev–Trinajstić information content (AvgIpc) is 2.83. The van der Waals surface area contributed by atoms with E-state index in [1.54, 1.807) is 0 Å².